The lowest BCUT2D eigenvalue weighted by molar-refractivity contribution is 0.719. The number of hydrogen-bond donors (Lipinski definition) is 0. The summed E-state index contributed by atoms with van der Waals surface area (Å²) < 4.78 is 0. The molecule has 0 unspecified atom stereocenters. The summed E-state index contributed by atoms with van der Waals surface area (Å²) in [6.45, 7) is 6.74. The minimum atomic E-state index is 1.20. The van der Waals surface area contributed by atoms with Crippen LogP contribution in [0.5, 0.6) is 0 Å². The molecular formula is C18H32. The summed E-state index contributed by atoms with van der Waals surface area (Å²) >= 11 is 0. The molecule has 0 aromatic rings. The first kappa shape index (κ1) is 17.2. The van der Waals surface area contributed by atoms with E-state index in [9.17, 15) is 0 Å². The molecule has 0 radical (unpaired) electrons. The maximum Gasteiger partial charge on any atom is -0.0279 e. The molecule has 0 aromatic heterocycles. The largest absolute Gasteiger partial charge is 0.0845 e. The number of rotatable bonds is 11. The molecule has 0 rings (SSSR count). The zero-order chi connectivity index (χ0) is 13.5. The first-order valence-electron chi connectivity index (χ1n) is 7.87. The lowest BCUT2D eigenvalue weighted by Crippen LogP contribution is -1.81. The topological polar surface area (TPSA) is 0 Å². The fraction of sp³-hybridized carbons (Fsp3) is 0.667. The molecule has 0 fully saturated rings. The molecule has 104 valence electrons. The van der Waals surface area contributed by atoms with Gasteiger partial charge in [-0.15, -0.1) is 0 Å². The van der Waals surface area contributed by atoms with E-state index in [0.29, 0.717) is 0 Å². The van der Waals surface area contributed by atoms with Crippen LogP contribution in [0.4, 0.5) is 0 Å². The summed E-state index contributed by atoms with van der Waals surface area (Å²) in [5.74, 6) is 0. The van der Waals surface area contributed by atoms with Crippen molar-refractivity contribution < 1.29 is 0 Å². The molecule has 0 aliphatic carbocycles. The Bertz CT molecular complexity index is 243. The van der Waals surface area contributed by atoms with Gasteiger partial charge in [0.1, 0.15) is 0 Å². The Balaban J connectivity index is 4.16. The molecular weight excluding hydrogens is 216 g/mol. The number of unbranched alkanes of at least 4 members (excludes halogenated alkanes) is 5. The Morgan fingerprint density at radius 1 is 0.778 bits per heavy atom. The third-order valence-corrected chi connectivity index (χ3v) is 3.03. The van der Waals surface area contributed by atoms with Crippen LogP contribution in [0.1, 0.15) is 78.6 Å². The van der Waals surface area contributed by atoms with Gasteiger partial charge >= 0.3 is 0 Å². The summed E-state index contributed by atoms with van der Waals surface area (Å²) in [6.07, 6.45) is 22.9. The molecule has 0 bridgehead atoms. The van der Waals surface area contributed by atoms with Crippen molar-refractivity contribution >= 4 is 0 Å². The molecule has 0 saturated heterocycles. The minimum absolute atomic E-state index is 1.20. The van der Waals surface area contributed by atoms with E-state index in [-0.39, 0.29) is 0 Å². The van der Waals surface area contributed by atoms with Gasteiger partial charge in [-0.2, -0.15) is 0 Å². The van der Waals surface area contributed by atoms with Crippen LogP contribution in [0.15, 0.2) is 36.0 Å². The van der Waals surface area contributed by atoms with Crippen molar-refractivity contribution in [1.29, 1.82) is 0 Å². The predicted octanol–water partition coefficient (Wildman–Crippen LogP) is 6.60. The summed E-state index contributed by atoms with van der Waals surface area (Å²) in [6, 6.07) is 0. The zero-order valence-corrected chi connectivity index (χ0v) is 12.8. The molecule has 0 nitrogen and oxygen atoms in total. The van der Waals surface area contributed by atoms with Crippen LogP contribution in [0, 0.1) is 0 Å². The molecule has 0 amide bonds. The Hall–Kier alpha value is -0.780. The first-order chi connectivity index (χ1) is 8.85. The molecule has 0 heterocycles. The van der Waals surface area contributed by atoms with Crippen molar-refractivity contribution in [2.75, 3.05) is 0 Å². The van der Waals surface area contributed by atoms with E-state index in [2.05, 4.69) is 51.2 Å². The quantitative estimate of drug-likeness (QED) is 0.285. The van der Waals surface area contributed by atoms with Crippen molar-refractivity contribution in [2.24, 2.45) is 0 Å². The van der Waals surface area contributed by atoms with Gasteiger partial charge in [-0.1, -0.05) is 83.3 Å². The van der Waals surface area contributed by atoms with Crippen LogP contribution >= 0.6 is 0 Å². The Labute approximate surface area is 115 Å². The molecule has 0 spiro atoms. The summed E-state index contributed by atoms with van der Waals surface area (Å²) in [7, 11) is 0. The molecule has 18 heavy (non-hydrogen) atoms. The van der Waals surface area contributed by atoms with E-state index in [0.717, 1.165) is 0 Å². The van der Waals surface area contributed by atoms with Gasteiger partial charge in [0, 0.05) is 0 Å². The Kier molecular flexibility index (Phi) is 13.7. The van der Waals surface area contributed by atoms with Crippen molar-refractivity contribution in [1.82, 2.24) is 0 Å². The first-order valence-corrected chi connectivity index (χ1v) is 7.87. The monoisotopic (exact) mass is 248 g/mol. The minimum Gasteiger partial charge on any atom is -0.0845 e. The lowest BCUT2D eigenvalue weighted by Gasteiger charge is -2.00. The van der Waals surface area contributed by atoms with Crippen LogP contribution in [0.2, 0.25) is 0 Å². The molecule has 0 aliphatic rings. The van der Waals surface area contributed by atoms with Gasteiger partial charge in [0.05, 0.1) is 0 Å². The molecule has 0 aromatic carbocycles. The second kappa shape index (κ2) is 14.3. The number of allylic oxidation sites excluding steroid dienone is 6. The molecule has 0 N–H and O–H groups in total. The molecule has 0 saturated carbocycles. The predicted molar refractivity (Wildman–Crippen MR) is 84.9 cm³/mol. The summed E-state index contributed by atoms with van der Waals surface area (Å²) in [5.41, 5.74) is 1.49. The van der Waals surface area contributed by atoms with Crippen LogP contribution in [-0.4, -0.2) is 0 Å². The maximum atomic E-state index is 2.32. The van der Waals surface area contributed by atoms with Crippen LogP contribution in [-0.2, 0) is 0 Å². The van der Waals surface area contributed by atoms with Gasteiger partial charge in [-0.25, -0.2) is 0 Å². The standard InChI is InChI=1S/C18H32/c1-4-7-10-11-14-17-18(15-12-8-5-2)16-13-9-6-3/h11-12,14-15,17H,4-10,13,16H2,1-3H3. The van der Waals surface area contributed by atoms with E-state index >= 15 is 0 Å². The van der Waals surface area contributed by atoms with Crippen molar-refractivity contribution in [3.63, 3.8) is 0 Å². The Morgan fingerprint density at radius 3 is 2.22 bits per heavy atom. The van der Waals surface area contributed by atoms with E-state index < -0.39 is 0 Å². The van der Waals surface area contributed by atoms with Gasteiger partial charge in [0.15, 0.2) is 0 Å². The van der Waals surface area contributed by atoms with E-state index in [4.69, 9.17) is 0 Å². The van der Waals surface area contributed by atoms with E-state index in [1.54, 1.807) is 0 Å². The summed E-state index contributed by atoms with van der Waals surface area (Å²) in [4.78, 5) is 0. The smallest absolute Gasteiger partial charge is 0.0279 e. The highest BCUT2D eigenvalue weighted by Gasteiger charge is 1.92. The average molecular weight is 248 g/mol. The highest BCUT2D eigenvalue weighted by molar-refractivity contribution is 5.23. The highest BCUT2D eigenvalue weighted by atomic mass is 14.0. The average Bonchev–Trinajstić information content (AvgIpc) is 2.38. The summed E-state index contributed by atoms with van der Waals surface area (Å²) in [5, 5.41) is 0. The van der Waals surface area contributed by atoms with Crippen molar-refractivity contribution in [2.45, 2.75) is 78.6 Å². The van der Waals surface area contributed by atoms with Gasteiger partial charge in [-0.05, 0) is 31.3 Å². The fourth-order valence-corrected chi connectivity index (χ4v) is 1.81. The fourth-order valence-electron chi connectivity index (χ4n) is 1.81. The van der Waals surface area contributed by atoms with E-state index in [1.807, 2.05) is 0 Å². The van der Waals surface area contributed by atoms with Crippen LogP contribution in [0.3, 0.4) is 0 Å². The third kappa shape index (κ3) is 11.7. The zero-order valence-electron chi connectivity index (χ0n) is 12.8. The second-order valence-corrected chi connectivity index (χ2v) is 4.96. The Morgan fingerprint density at radius 2 is 1.56 bits per heavy atom. The van der Waals surface area contributed by atoms with Crippen LogP contribution in [0.25, 0.3) is 0 Å². The van der Waals surface area contributed by atoms with Gasteiger partial charge in [-0.3, -0.25) is 0 Å². The van der Waals surface area contributed by atoms with Gasteiger partial charge in [0.2, 0.25) is 0 Å². The highest BCUT2D eigenvalue weighted by Crippen LogP contribution is 2.11. The van der Waals surface area contributed by atoms with Crippen LogP contribution < -0.4 is 0 Å². The van der Waals surface area contributed by atoms with Crippen molar-refractivity contribution in [3.05, 3.63) is 36.0 Å². The third-order valence-electron chi connectivity index (χ3n) is 3.03. The van der Waals surface area contributed by atoms with Gasteiger partial charge < -0.3 is 0 Å². The van der Waals surface area contributed by atoms with Gasteiger partial charge in [0.25, 0.3) is 0 Å². The second-order valence-electron chi connectivity index (χ2n) is 4.96. The molecule has 0 aliphatic heterocycles. The normalized spacial score (nSPS) is 12.9. The van der Waals surface area contributed by atoms with Crippen molar-refractivity contribution in [3.8, 4) is 0 Å². The molecule has 0 heteroatoms. The molecule has 0 atom stereocenters. The lowest BCUT2D eigenvalue weighted by atomic mass is 10.1. The maximum absolute atomic E-state index is 2.32. The van der Waals surface area contributed by atoms with E-state index in [1.165, 1.54) is 63.4 Å². The SMILES string of the molecule is CCCC=CC(=CC=CCCCC)CCCCC. The number of hydrogen-bond acceptors (Lipinski definition) is 0.